The molecule has 0 bridgehead atoms. The molecule has 0 atom stereocenters. The normalized spacial score (nSPS) is 13.4. The average molecular weight is 349 g/mol. The summed E-state index contributed by atoms with van der Waals surface area (Å²) in [7, 11) is -2.90. The van der Waals surface area contributed by atoms with Gasteiger partial charge in [-0.3, -0.25) is 10.1 Å². The van der Waals surface area contributed by atoms with Gasteiger partial charge in [0, 0.05) is 6.07 Å². The molecular weight excluding hydrogens is 334 g/mol. The molecule has 24 heavy (non-hydrogen) atoms. The minimum Gasteiger partial charge on any atom is -0.490 e. The van der Waals surface area contributed by atoms with E-state index in [1.165, 1.54) is 24.8 Å². The van der Waals surface area contributed by atoms with Crippen molar-refractivity contribution in [1.29, 1.82) is 0 Å². The van der Waals surface area contributed by atoms with Gasteiger partial charge in [0.1, 0.15) is 10.6 Å². The van der Waals surface area contributed by atoms with Crippen molar-refractivity contribution in [2.45, 2.75) is 24.2 Å². The average Bonchev–Trinajstić information content (AvgIpc) is 3.01. The van der Waals surface area contributed by atoms with Crippen LogP contribution >= 0.6 is 0 Å². The molecular formula is C16H15NO6S. The van der Waals surface area contributed by atoms with Crippen molar-refractivity contribution in [2.24, 2.45) is 0 Å². The van der Waals surface area contributed by atoms with Crippen LogP contribution in [-0.4, -0.2) is 20.5 Å². The Morgan fingerprint density at radius 1 is 1.08 bits per heavy atom. The maximum atomic E-state index is 12.4. The molecule has 0 amide bonds. The van der Waals surface area contributed by atoms with Crippen molar-refractivity contribution in [2.75, 3.05) is 7.11 Å². The van der Waals surface area contributed by atoms with Crippen LogP contribution in [0.5, 0.6) is 11.5 Å². The number of nitro groups is 1. The number of aryl methyl sites for hydroxylation is 2. The number of fused-ring (bicyclic) bond motifs is 1. The van der Waals surface area contributed by atoms with Gasteiger partial charge < -0.3 is 8.92 Å². The van der Waals surface area contributed by atoms with Gasteiger partial charge in [0.15, 0.2) is 5.75 Å². The van der Waals surface area contributed by atoms with Crippen molar-refractivity contribution >= 4 is 15.8 Å². The molecule has 0 fully saturated rings. The van der Waals surface area contributed by atoms with E-state index in [4.69, 9.17) is 8.92 Å². The van der Waals surface area contributed by atoms with Crippen molar-refractivity contribution in [3.05, 3.63) is 57.6 Å². The summed E-state index contributed by atoms with van der Waals surface area (Å²) >= 11 is 0. The Bertz CT molecular complexity index is 907. The third kappa shape index (κ3) is 3.05. The summed E-state index contributed by atoms with van der Waals surface area (Å²) in [5.41, 5.74) is 1.83. The first-order valence-electron chi connectivity index (χ1n) is 7.29. The highest BCUT2D eigenvalue weighted by molar-refractivity contribution is 7.87. The molecule has 0 radical (unpaired) electrons. The summed E-state index contributed by atoms with van der Waals surface area (Å²) in [6, 6.07) is 8.54. The van der Waals surface area contributed by atoms with Gasteiger partial charge >= 0.3 is 15.8 Å². The van der Waals surface area contributed by atoms with E-state index in [9.17, 15) is 18.5 Å². The molecule has 0 N–H and O–H groups in total. The summed E-state index contributed by atoms with van der Waals surface area (Å²) in [5, 5.41) is 11.0. The first-order valence-corrected chi connectivity index (χ1v) is 8.70. The lowest BCUT2D eigenvalue weighted by atomic mass is 10.1. The first kappa shape index (κ1) is 16.3. The van der Waals surface area contributed by atoms with Crippen LogP contribution in [0.4, 0.5) is 5.69 Å². The molecule has 1 aliphatic carbocycles. The van der Waals surface area contributed by atoms with E-state index in [2.05, 4.69) is 0 Å². The minimum absolute atomic E-state index is 0.0171. The molecule has 0 heterocycles. The topological polar surface area (TPSA) is 95.7 Å². The van der Waals surface area contributed by atoms with E-state index in [1.54, 1.807) is 12.1 Å². The van der Waals surface area contributed by atoms with Gasteiger partial charge in [0.05, 0.1) is 12.0 Å². The fourth-order valence-corrected chi connectivity index (χ4v) is 3.69. The molecule has 0 saturated heterocycles. The molecule has 0 unspecified atom stereocenters. The number of nitro benzene ring substituents is 1. The smallest absolute Gasteiger partial charge is 0.339 e. The van der Waals surface area contributed by atoms with Crippen LogP contribution in [0.15, 0.2) is 41.3 Å². The minimum atomic E-state index is -4.17. The van der Waals surface area contributed by atoms with E-state index in [0.717, 1.165) is 30.9 Å². The monoisotopic (exact) mass is 349 g/mol. The van der Waals surface area contributed by atoms with Gasteiger partial charge in [-0.05, 0) is 54.7 Å². The quantitative estimate of drug-likeness (QED) is 0.468. The second kappa shape index (κ2) is 6.12. The largest absolute Gasteiger partial charge is 0.490 e. The Morgan fingerprint density at radius 3 is 2.54 bits per heavy atom. The fourth-order valence-electron chi connectivity index (χ4n) is 2.74. The third-order valence-electron chi connectivity index (χ3n) is 3.91. The molecule has 7 nitrogen and oxygen atoms in total. The second-order valence-corrected chi connectivity index (χ2v) is 6.96. The number of ether oxygens (including phenoxy) is 1. The molecule has 2 aromatic rings. The number of methoxy groups -OCH3 is 1. The number of hydrogen-bond donors (Lipinski definition) is 0. The molecule has 8 heteroatoms. The van der Waals surface area contributed by atoms with Crippen LogP contribution in [0.2, 0.25) is 0 Å². The van der Waals surface area contributed by atoms with E-state index in [0.29, 0.717) is 0 Å². The van der Waals surface area contributed by atoms with Crippen LogP contribution in [0.1, 0.15) is 17.5 Å². The van der Waals surface area contributed by atoms with Gasteiger partial charge in [0.25, 0.3) is 0 Å². The summed E-state index contributed by atoms with van der Waals surface area (Å²) in [6.45, 7) is 0. The highest BCUT2D eigenvalue weighted by Gasteiger charge is 2.24. The zero-order valence-electron chi connectivity index (χ0n) is 12.9. The summed E-state index contributed by atoms with van der Waals surface area (Å²) in [4.78, 5) is 10.0. The summed E-state index contributed by atoms with van der Waals surface area (Å²) in [5.74, 6) is 0.186. The van der Waals surface area contributed by atoms with Crippen LogP contribution < -0.4 is 8.92 Å². The molecule has 0 spiro atoms. The Hall–Kier alpha value is -2.61. The molecule has 126 valence electrons. The van der Waals surface area contributed by atoms with Crippen LogP contribution in [0.25, 0.3) is 0 Å². The second-order valence-electron chi connectivity index (χ2n) is 5.41. The standard InChI is InChI=1S/C16H15NO6S/c1-22-16-8-7-14(10-15(16)17(18)19)24(20,21)23-13-6-5-11-3-2-4-12(11)9-13/h5-10H,2-4H2,1H3. The Balaban J connectivity index is 1.93. The molecule has 0 aliphatic heterocycles. The number of benzene rings is 2. The molecule has 0 saturated carbocycles. The van der Waals surface area contributed by atoms with Crippen molar-refractivity contribution < 1.29 is 22.3 Å². The zero-order valence-corrected chi connectivity index (χ0v) is 13.7. The molecule has 2 aromatic carbocycles. The lowest BCUT2D eigenvalue weighted by Gasteiger charge is -2.09. The molecule has 3 rings (SSSR count). The van der Waals surface area contributed by atoms with Gasteiger partial charge in [-0.25, -0.2) is 0 Å². The van der Waals surface area contributed by atoms with E-state index < -0.39 is 20.7 Å². The number of rotatable bonds is 5. The van der Waals surface area contributed by atoms with Crippen molar-refractivity contribution in [3.63, 3.8) is 0 Å². The van der Waals surface area contributed by atoms with Crippen LogP contribution in [0, 0.1) is 10.1 Å². The Kier molecular flexibility index (Phi) is 4.15. The maximum Gasteiger partial charge on any atom is 0.339 e. The first-order chi connectivity index (χ1) is 11.4. The summed E-state index contributed by atoms with van der Waals surface area (Å²) < 4.78 is 34.8. The highest BCUT2D eigenvalue weighted by atomic mass is 32.2. The van der Waals surface area contributed by atoms with Crippen LogP contribution in [-0.2, 0) is 23.0 Å². The lowest BCUT2D eigenvalue weighted by molar-refractivity contribution is -0.386. The fraction of sp³-hybridized carbons (Fsp3) is 0.250. The SMILES string of the molecule is COc1ccc(S(=O)(=O)Oc2ccc3c(c2)CCC3)cc1[N+](=O)[O-]. The van der Waals surface area contributed by atoms with E-state index in [-0.39, 0.29) is 16.4 Å². The van der Waals surface area contributed by atoms with Crippen molar-refractivity contribution in [3.8, 4) is 11.5 Å². The predicted molar refractivity (Wildman–Crippen MR) is 85.9 cm³/mol. The zero-order chi connectivity index (χ0) is 17.3. The highest BCUT2D eigenvalue weighted by Crippen LogP contribution is 2.31. The van der Waals surface area contributed by atoms with Gasteiger partial charge in [0.2, 0.25) is 0 Å². The maximum absolute atomic E-state index is 12.4. The Labute approximate surface area is 139 Å². The van der Waals surface area contributed by atoms with E-state index >= 15 is 0 Å². The summed E-state index contributed by atoms with van der Waals surface area (Å²) in [6.07, 6.45) is 2.91. The molecule has 1 aliphatic rings. The van der Waals surface area contributed by atoms with Crippen molar-refractivity contribution in [1.82, 2.24) is 0 Å². The van der Waals surface area contributed by atoms with Crippen LogP contribution in [0.3, 0.4) is 0 Å². The van der Waals surface area contributed by atoms with E-state index in [1.807, 2.05) is 6.07 Å². The third-order valence-corrected chi connectivity index (χ3v) is 5.15. The lowest BCUT2D eigenvalue weighted by Crippen LogP contribution is -2.10. The molecule has 0 aromatic heterocycles. The van der Waals surface area contributed by atoms with Gasteiger partial charge in [-0.15, -0.1) is 0 Å². The predicted octanol–water partition coefficient (Wildman–Crippen LogP) is 2.86. The van der Waals surface area contributed by atoms with Gasteiger partial charge in [-0.2, -0.15) is 8.42 Å². The number of hydrogen-bond acceptors (Lipinski definition) is 6. The Morgan fingerprint density at radius 2 is 1.83 bits per heavy atom. The number of nitrogens with zero attached hydrogens (tertiary/aromatic N) is 1. The van der Waals surface area contributed by atoms with Gasteiger partial charge in [-0.1, -0.05) is 6.07 Å².